The van der Waals surface area contributed by atoms with Gasteiger partial charge in [0.15, 0.2) is 17.6 Å². The van der Waals surface area contributed by atoms with Crippen LogP contribution in [0.25, 0.3) is 0 Å². The first-order chi connectivity index (χ1) is 16.4. The van der Waals surface area contributed by atoms with Gasteiger partial charge in [-0.15, -0.1) is 0 Å². The van der Waals surface area contributed by atoms with E-state index in [0.717, 1.165) is 0 Å². The highest BCUT2D eigenvalue weighted by Crippen LogP contribution is 2.29. The first-order valence-corrected chi connectivity index (χ1v) is 10.2. The zero-order valence-electron chi connectivity index (χ0n) is 18.1. The zero-order chi connectivity index (χ0) is 24.5. The number of amides is 1. The fourth-order valence-corrected chi connectivity index (χ4v) is 2.85. The van der Waals surface area contributed by atoms with Gasteiger partial charge in [-0.25, -0.2) is 10.2 Å². The zero-order valence-corrected chi connectivity index (χ0v) is 18.1. The quantitative estimate of drug-likeness (QED) is 0.163. The van der Waals surface area contributed by atoms with E-state index in [1.165, 1.54) is 36.5 Å². The monoisotopic (exact) mass is 463 g/mol. The molecule has 1 amide bonds. The predicted molar refractivity (Wildman–Crippen MR) is 123 cm³/mol. The lowest BCUT2D eigenvalue weighted by Crippen LogP contribution is -2.25. The number of rotatable bonds is 9. The number of hydrazone groups is 1. The van der Waals surface area contributed by atoms with Crippen molar-refractivity contribution in [3.63, 3.8) is 0 Å². The van der Waals surface area contributed by atoms with Gasteiger partial charge in [-0.05, 0) is 48.4 Å². The number of nitrogens with zero attached hydrogens (tertiary/aromatic N) is 2. The average molecular weight is 463 g/mol. The smallest absolute Gasteiger partial charge is 0.343 e. The molecule has 0 aliphatic carbocycles. The van der Waals surface area contributed by atoms with Gasteiger partial charge in [0.25, 0.3) is 11.6 Å². The summed E-state index contributed by atoms with van der Waals surface area (Å²) in [6, 6.07) is 18.1. The largest absolute Gasteiger partial charge is 0.490 e. The van der Waals surface area contributed by atoms with Crippen LogP contribution in [0.5, 0.6) is 11.5 Å². The SMILES string of the molecule is CCOc1cc(/C=N\NC(=O)[C@@H](O)c2ccccc2)ccc1OC(=O)c1ccc([N+](=O)[O-])cc1. The van der Waals surface area contributed by atoms with Gasteiger partial charge in [-0.1, -0.05) is 30.3 Å². The van der Waals surface area contributed by atoms with Crippen molar-refractivity contribution in [1.29, 1.82) is 0 Å². The molecule has 10 heteroatoms. The molecule has 3 aromatic rings. The summed E-state index contributed by atoms with van der Waals surface area (Å²) in [6.07, 6.45) is -0.0152. The van der Waals surface area contributed by atoms with Gasteiger partial charge in [0.05, 0.1) is 23.3 Å². The standard InChI is InChI=1S/C24H21N3O7/c1-2-33-21-14-16(15-25-26-23(29)22(28)17-6-4-3-5-7-17)8-13-20(21)34-24(30)18-9-11-19(12-10-18)27(31)32/h3-15,22,28H,2H2,1H3,(H,26,29)/b25-15-/t22-/m0/s1. The van der Waals surface area contributed by atoms with Crippen molar-refractivity contribution in [1.82, 2.24) is 5.43 Å². The summed E-state index contributed by atoms with van der Waals surface area (Å²) in [4.78, 5) is 34.7. The number of aliphatic hydroxyl groups is 1. The Morgan fingerprint density at radius 3 is 2.44 bits per heavy atom. The lowest BCUT2D eigenvalue weighted by Gasteiger charge is -2.11. The number of non-ortho nitro benzene ring substituents is 1. The first-order valence-electron chi connectivity index (χ1n) is 10.2. The second kappa shape index (κ2) is 11.3. The van der Waals surface area contributed by atoms with Crippen molar-refractivity contribution in [2.45, 2.75) is 13.0 Å². The number of hydrogen-bond donors (Lipinski definition) is 2. The number of carbonyl (C=O) groups is 2. The van der Waals surface area contributed by atoms with Crippen LogP contribution >= 0.6 is 0 Å². The van der Waals surface area contributed by atoms with Crippen LogP contribution in [0.1, 0.15) is 34.5 Å². The molecule has 0 bridgehead atoms. The third-order valence-electron chi connectivity index (χ3n) is 4.54. The molecule has 0 heterocycles. The summed E-state index contributed by atoms with van der Waals surface area (Å²) >= 11 is 0. The van der Waals surface area contributed by atoms with E-state index >= 15 is 0 Å². The lowest BCUT2D eigenvalue weighted by atomic mass is 10.1. The number of hydrogen-bond acceptors (Lipinski definition) is 8. The molecule has 174 valence electrons. The highest BCUT2D eigenvalue weighted by Gasteiger charge is 2.17. The van der Waals surface area contributed by atoms with Crippen molar-refractivity contribution in [2.24, 2.45) is 5.10 Å². The summed E-state index contributed by atoms with van der Waals surface area (Å²) in [6.45, 7) is 2.05. The Morgan fingerprint density at radius 1 is 1.09 bits per heavy atom. The molecule has 3 rings (SSSR count). The predicted octanol–water partition coefficient (Wildman–Crippen LogP) is 3.40. The second-order valence-corrected chi connectivity index (χ2v) is 6.88. The van der Waals surface area contributed by atoms with Crippen molar-refractivity contribution in [3.8, 4) is 11.5 Å². The summed E-state index contributed by atoms with van der Waals surface area (Å²) < 4.78 is 10.9. The highest BCUT2D eigenvalue weighted by atomic mass is 16.6. The maximum Gasteiger partial charge on any atom is 0.343 e. The van der Waals surface area contributed by atoms with E-state index in [1.807, 2.05) is 0 Å². The van der Waals surface area contributed by atoms with Gasteiger partial charge in [0.1, 0.15) is 0 Å². The number of benzene rings is 3. The Bertz CT molecular complexity index is 1190. The van der Waals surface area contributed by atoms with E-state index in [0.29, 0.717) is 17.7 Å². The molecular formula is C24H21N3O7. The van der Waals surface area contributed by atoms with Crippen molar-refractivity contribution in [2.75, 3.05) is 6.61 Å². The molecule has 34 heavy (non-hydrogen) atoms. The number of nitro groups is 1. The lowest BCUT2D eigenvalue weighted by molar-refractivity contribution is -0.384. The average Bonchev–Trinajstić information content (AvgIpc) is 2.85. The normalized spacial score (nSPS) is 11.6. The molecule has 3 aromatic carbocycles. The molecule has 0 radical (unpaired) electrons. The van der Waals surface area contributed by atoms with E-state index < -0.39 is 22.9 Å². The maximum atomic E-state index is 12.4. The van der Waals surface area contributed by atoms with Crippen LogP contribution in [0, 0.1) is 10.1 Å². The van der Waals surface area contributed by atoms with E-state index in [2.05, 4.69) is 10.5 Å². The molecule has 0 saturated heterocycles. The fraction of sp³-hybridized carbons (Fsp3) is 0.125. The minimum absolute atomic E-state index is 0.137. The van der Waals surface area contributed by atoms with Gasteiger partial charge in [-0.3, -0.25) is 14.9 Å². The third-order valence-corrected chi connectivity index (χ3v) is 4.54. The van der Waals surface area contributed by atoms with Crippen molar-refractivity contribution in [3.05, 3.63) is 99.6 Å². The first kappa shape index (κ1) is 24.1. The molecule has 10 nitrogen and oxygen atoms in total. The summed E-state index contributed by atoms with van der Waals surface area (Å²) in [5.74, 6) is -0.996. The number of nitrogens with one attached hydrogen (secondary N) is 1. The van der Waals surface area contributed by atoms with Crippen LogP contribution in [0.15, 0.2) is 77.9 Å². The van der Waals surface area contributed by atoms with Gasteiger partial charge >= 0.3 is 5.97 Å². The Morgan fingerprint density at radius 2 is 1.79 bits per heavy atom. The molecule has 0 unspecified atom stereocenters. The Hall–Kier alpha value is -4.57. The molecule has 0 spiro atoms. The van der Waals surface area contributed by atoms with Gasteiger partial charge in [0.2, 0.25) is 0 Å². The Kier molecular flexibility index (Phi) is 8.03. The number of ether oxygens (including phenoxy) is 2. The van der Waals surface area contributed by atoms with Crippen LogP contribution < -0.4 is 14.9 Å². The van der Waals surface area contributed by atoms with Crippen molar-refractivity contribution >= 4 is 23.8 Å². The fourth-order valence-electron chi connectivity index (χ4n) is 2.85. The maximum absolute atomic E-state index is 12.4. The van der Waals surface area contributed by atoms with Crippen LogP contribution in [0.4, 0.5) is 5.69 Å². The molecule has 0 fully saturated rings. The Balaban J connectivity index is 1.67. The molecule has 0 aromatic heterocycles. The van der Waals surface area contributed by atoms with Gasteiger partial charge in [0, 0.05) is 12.1 Å². The summed E-state index contributed by atoms with van der Waals surface area (Å²) in [7, 11) is 0. The summed E-state index contributed by atoms with van der Waals surface area (Å²) in [5.41, 5.74) is 3.24. The van der Waals surface area contributed by atoms with Crippen molar-refractivity contribution < 1.29 is 29.1 Å². The molecule has 0 saturated carbocycles. The van der Waals surface area contributed by atoms with E-state index in [1.54, 1.807) is 49.4 Å². The number of esters is 1. The van der Waals surface area contributed by atoms with Crippen LogP contribution in [0.3, 0.4) is 0 Å². The van der Waals surface area contributed by atoms with Crippen LogP contribution in [-0.4, -0.2) is 34.7 Å². The number of carbonyl (C=O) groups excluding carboxylic acids is 2. The second-order valence-electron chi connectivity index (χ2n) is 6.88. The molecule has 2 N–H and O–H groups in total. The number of aliphatic hydroxyl groups excluding tert-OH is 1. The summed E-state index contributed by atoms with van der Waals surface area (Å²) in [5, 5.41) is 24.7. The molecular weight excluding hydrogens is 442 g/mol. The molecule has 0 aliphatic rings. The van der Waals surface area contributed by atoms with E-state index in [9.17, 15) is 24.8 Å². The van der Waals surface area contributed by atoms with Gasteiger partial charge in [-0.2, -0.15) is 5.10 Å². The molecule has 0 aliphatic heterocycles. The van der Waals surface area contributed by atoms with E-state index in [4.69, 9.17) is 9.47 Å². The van der Waals surface area contributed by atoms with Crippen LogP contribution in [0.2, 0.25) is 0 Å². The topological polar surface area (TPSA) is 140 Å². The molecule has 1 atom stereocenters. The van der Waals surface area contributed by atoms with Gasteiger partial charge < -0.3 is 14.6 Å². The third kappa shape index (κ3) is 6.24. The Labute approximate surface area is 194 Å². The van der Waals surface area contributed by atoms with Crippen LogP contribution in [-0.2, 0) is 4.79 Å². The number of nitro benzene ring substituents is 1. The minimum atomic E-state index is -1.36. The van der Waals surface area contributed by atoms with E-state index in [-0.39, 0.29) is 22.7 Å². The highest BCUT2D eigenvalue weighted by molar-refractivity contribution is 5.92. The minimum Gasteiger partial charge on any atom is -0.490 e.